The van der Waals surface area contributed by atoms with Crippen LogP contribution in [0, 0.1) is 11.6 Å². The van der Waals surface area contributed by atoms with Crippen LogP contribution in [0.4, 0.5) is 20.2 Å². The van der Waals surface area contributed by atoms with Crippen LogP contribution in [0.2, 0.25) is 0 Å². The largest absolute Gasteiger partial charge is 0.364 e. The SMILES string of the molecule is CCCN1C(=CC=C2CCCC(C=CC3N(CCC)c4ccccc4C3(C)C)=C2c2cccc(F)c2F)C(C)(C)c2ccccc21. The molecule has 3 aromatic carbocycles. The Morgan fingerprint density at radius 1 is 0.783 bits per heavy atom. The molecule has 0 radical (unpaired) electrons. The van der Waals surface area contributed by atoms with Gasteiger partial charge in [-0.3, -0.25) is 0 Å². The van der Waals surface area contributed by atoms with Crippen molar-refractivity contribution >= 4 is 16.9 Å². The van der Waals surface area contributed by atoms with Gasteiger partial charge in [0.1, 0.15) is 0 Å². The molecular formula is C42H48F2N2. The van der Waals surface area contributed by atoms with Crippen LogP contribution in [-0.2, 0) is 10.8 Å². The minimum Gasteiger partial charge on any atom is -0.364 e. The van der Waals surface area contributed by atoms with Gasteiger partial charge >= 0.3 is 0 Å². The van der Waals surface area contributed by atoms with Gasteiger partial charge < -0.3 is 9.80 Å². The van der Waals surface area contributed by atoms with Crippen molar-refractivity contribution in [3.05, 3.63) is 136 Å². The molecular weight excluding hydrogens is 570 g/mol. The zero-order valence-electron chi connectivity index (χ0n) is 28.3. The molecule has 240 valence electrons. The highest BCUT2D eigenvalue weighted by atomic mass is 19.2. The highest BCUT2D eigenvalue weighted by Gasteiger charge is 2.43. The van der Waals surface area contributed by atoms with Crippen molar-refractivity contribution in [2.24, 2.45) is 0 Å². The van der Waals surface area contributed by atoms with Crippen molar-refractivity contribution in [3.8, 4) is 0 Å². The number of benzene rings is 3. The Bertz CT molecular complexity index is 1740. The summed E-state index contributed by atoms with van der Waals surface area (Å²) < 4.78 is 30.4. The van der Waals surface area contributed by atoms with Crippen LogP contribution in [0.15, 0.2) is 108 Å². The molecule has 2 heterocycles. The van der Waals surface area contributed by atoms with Gasteiger partial charge in [0, 0.05) is 46.6 Å². The third-order valence-corrected chi connectivity index (χ3v) is 10.4. The Morgan fingerprint density at radius 3 is 2.22 bits per heavy atom. The lowest BCUT2D eigenvalue weighted by Gasteiger charge is -2.32. The third kappa shape index (κ3) is 5.44. The summed E-state index contributed by atoms with van der Waals surface area (Å²) in [4.78, 5) is 4.95. The predicted molar refractivity (Wildman–Crippen MR) is 190 cm³/mol. The second-order valence-electron chi connectivity index (χ2n) is 14.1. The average molecular weight is 619 g/mol. The van der Waals surface area contributed by atoms with Crippen LogP contribution in [0.25, 0.3) is 5.57 Å². The van der Waals surface area contributed by atoms with Crippen LogP contribution < -0.4 is 9.80 Å². The molecule has 1 aliphatic carbocycles. The van der Waals surface area contributed by atoms with E-state index in [1.807, 2.05) is 0 Å². The summed E-state index contributed by atoms with van der Waals surface area (Å²) in [5, 5.41) is 0. The summed E-state index contributed by atoms with van der Waals surface area (Å²) in [6, 6.07) is 22.1. The van der Waals surface area contributed by atoms with E-state index in [4.69, 9.17) is 0 Å². The van der Waals surface area contributed by atoms with Gasteiger partial charge in [-0.1, -0.05) is 108 Å². The molecule has 0 amide bonds. The van der Waals surface area contributed by atoms with E-state index in [1.165, 1.54) is 34.3 Å². The number of hydrogen-bond acceptors (Lipinski definition) is 2. The fourth-order valence-electron chi connectivity index (χ4n) is 8.11. The van der Waals surface area contributed by atoms with Crippen LogP contribution in [0.1, 0.15) is 90.3 Å². The Hall–Kier alpha value is -3.92. The first-order chi connectivity index (χ1) is 22.1. The number of hydrogen-bond donors (Lipinski definition) is 0. The highest BCUT2D eigenvalue weighted by Crippen LogP contribution is 2.49. The predicted octanol–water partition coefficient (Wildman–Crippen LogP) is 11.1. The molecule has 3 aliphatic rings. The maximum atomic E-state index is 15.7. The molecule has 0 bridgehead atoms. The van der Waals surface area contributed by atoms with Crippen molar-refractivity contribution in [1.29, 1.82) is 0 Å². The van der Waals surface area contributed by atoms with E-state index in [2.05, 4.69) is 124 Å². The van der Waals surface area contributed by atoms with E-state index in [9.17, 15) is 4.39 Å². The maximum Gasteiger partial charge on any atom is 0.166 e. The maximum absolute atomic E-state index is 15.7. The number of nitrogens with zero attached hydrogens (tertiary/aromatic N) is 2. The number of halogens is 2. The Kier molecular flexibility index (Phi) is 8.85. The molecule has 2 aliphatic heterocycles. The number of fused-ring (bicyclic) bond motifs is 2. The molecule has 46 heavy (non-hydrogen) atoms. The van der Waals surface area contributed by atoms with Gasteiger partial charge in [-0.2, -0.15) is 0 Å². The van der Waals surface area contributed by atoms with Gasteiger partial charge in [0.25, 0.3) is 0 Å². The van der Waals surface area contributed by atoms with Crippen molar-refractivity contribution in [2.45, 2.75) is 90.5 Å². The van der Waals surface area contributed by atoms with E-state index in [0.717, 1.165) is 61.9 Å². The lowest BCUT2D eigenvalue weighted by atomic mass is 9.79. The summed E-state index contributed by atoms with van der Waals surface area (Å²) in [7, 11) is 0. The van der Waals surface area contributed by atoms with Crippen molar-refractivity contribution < 1.29 is 8.78 Å². The standard InChI is InChI=1S/C42H48F2N2/c1-7-27-45-35-21-11-9-18-32(35)41(3,4)37(45)25-23-29-15-13-16-30(39(29)31-17-14-20-34(43)40(31)44)24-26-38-42(5,6)33-19-10-12-22-36(33)46(38)28-8-2/h9-12,14,17-26,37H,7-8,13,15-16,27-28H2,1-6H3. The Balaban J connectivity index is 1.47. The van der Waals surface area contributed by atoms with Gasteiger partial charge in [0.05, 0.1) is 6.04 Å². The van der Waals surface area contributed by atoms with Crippen molar-refractivity contribution in [2.75, 3.05) is 22.9 Å². The smallest absolute Gasteiger partial charge is 0.166 e. The van der Waals surface area contributed by atoms with E-state index in [1.54, 1.807) is 12.1 Å². The monoisotopic (exact) mass is 618 g/mol. The summed E-state index contributed by atoms with van der Waals surface area (Å²) in [5.74, 6) is -1.58. The summed E-state index contributed by atoms with van der Waals surface area (Å²) in [6.07, 6.45) is 13.7. The number of para-hydroxylation sites is 2. The molecule has 3 aromatic rings. The molecule has 0 saturated heterocycles. The molecule has 0 saturated carbocycles. The first-order valence-corrected chi connectivity index (χ1v) is 17.1. The van der Waals surface area contributed by atoms with Gasteiger partial charge in [-0.25, -0.2) is 8.78 Å². The van der Waals surface area contributed by atoms with Gasteiger partial charge in [0.15, 0.2) is 11.6 Å². The second kappa shape index (κ2) is 12.7. The first-order valence-electron chi connectivity index (χ1n) is 17.1. The minimum absolute atomic E-state index is 0.0867. The molecule has 2 nitrogen and oxygen atoms in total. The zero-order valence-corrected chi connectivity index (χ0v) is 28.3. The van der Waals surface area contributed by atoms with Crippen molar-refractivity contribution in [3.63, 3.8) is 0 Å². The van der Waals surface area contributed by atoms with Crippen LogP contribution in [0.5, 0.6) is 0 Å². The van der Waals surface area contributed by atoms with E-state index in [0.29, 0.717) is 5.56 Å². The molecule has 1 unspecified atom stereocenters. The fourth-order valence-corrected chi connectivity index (χ4v) is 8.11. The van der Waals surface area contributed by atoms with E-state index < -0.39 is 11.6 Å². The number of rotatable bonds is 8. The zero-order chi connectivity index (χ0) is 32.6. The highest BCUT2D eigenvalue weighted by molar-refractivity contribution is 5.85. The number of anilines is 2. The second-order valence-corrected chi connectivity index (χ2v) is 14.1. The van der Waals surface area contributed by atoms with Crippen LogP contribution >= 0.6 is 0 Å². The Labute approximate surface area is 274 Å². The summed E-state index contributed by atoms with van der Waals surface area (Å²) >= 11 is 0. The molecule has 0 fully saturated rings. The summed E-state index contributed by atoms with van der Waals surface area (Å²) in [6.45, 7) is 15.5. The lowest BCUT2D eigenvalue weighted by molar-refractivity contribution is 0.473. The Morgan fingerprint density at radius 2 is 1.48 bits per heavy atom. The fraction of sp³-hybridized carbons (Fsp3) is 0.381. The van der Waals surface area contributed by atoms with Gasteiger partial charge in [0.2, 0.25) is 0 Å². The van der Waals surface area contributed by atoms with Crippen LogP contribution in [0.3, 0.4) is 0 Å². The van der Waals surface area contributed by atoms with E-state index >= 15 is 4.39 Å². The molecule has 6 rings (SSSR count). The average Bonchev–Trinajstić information content (AvgIpc) is 3.39. The first kappa shape index (κ1) is 32.0. The molecule has 0 N–H and O–H groups in total. The summed E-state index contributed by atoms with van der Waals surface area (Å²) in [5.41, 5.74) is 9.54. The molecule has 0 spiro atoms. The van der Waals surface area contributed by atoms with Crippen LogP contribution in [-0.4, -0.2) is 19.1 Å². The topological polar surface area (TPSA) is 6.48 Å². The third-order valence-electron chi connectivity index (χ3n) is 10.4. The van der Waals surface area contributed by atoms with Gasteiger partial charge in [-0.15, -0.1) is 0 Å². The molecule has 4 heteroatoms. The van der Waals surface area contributed by atoms with Crippen molar-refractivity contribution in [1.82, 2.24) is 0 Å². The van der Waals surface area contributed by atoms with E-state index in [-0.39, 0.29) is 16.9 Å². The molecule has 0 aromatic heterocycles. The van der Waals surface area contributed by atoms with Gasteiger partial charge in [-0.05, 0) is 84.2 Å². The minimum atomic E-state index is -0.806. The lowest BCUT2D eigenvalue weighted by Crippen LogP contribution is -2.40. The quantitative estimate of drug-likeness (QED) is 0.248. The molecule has 1 atom stereocenters. The normalized spacial score (nSPS) is 22.0. The number of allylic oxidation sites excluding steroid dienone is 7.